The largest absolute Gasteiger partial charge is 0.495 e. The number of amides is 1. The van der Waals surface area contributed by atoms with Gasteiger partial charge in [-0.3, -0.25) is 4.79 Å². The number of nitrogens with zero attached hydrogens (tertiary/aromatic N) is 1. The Morgan fingerprint density at radius 1 is 0.909 bits per heavy atom. The minimum absolute atomic E-state index is 0.0381. The lowest BCUT2D eigenvalue weighted by atomic mass is 10.1. The van der Waals surface area contributed by atoms with E-state index in [2.05, 4.69) is 17.2 Å². The summed E-state index contributed by atoms with van der Waals surface area (Å²) in [6.07, 6.45) is 0. The molecule has 0 radical (unpaired) electrons. The molecule has 7 heteroatoms. The number of hydrogen-bond donors (Lipinski definition) is 1. The number of hydrogen-bond acceptors (Lipinski definition) is 4. The number of rotatable bonds is 7. The number of sulfonamides is 1. The molecule has 1 amide bonds. The van der Waals surface area contributed by atoms with Crippen LogP contribution in [0.1, 0.15) is 35.3 Å². The predicted octanol–water partition coefficient (Wildman–Crippen LogP) is 4.38. The van der Waals surface area contributed by atoms with Gasteiger partial charge in [0.15, 0.2) is 0 Å². The van der Waals surface area contributed by atoms with Crippen molar-refractivity contribution in [2.75, 3.05) is 25.5 Å². The van der Waals surface area contributed by atoms with Gasteiger partial charge in [0.05, 0.1) is 7.11 Å². The lowest BCUT2D eigenvalue weighted by molar-refractivity contribution is 0.102. The van der Waals surface area contributed by atoms with E-state index in [9.17, 15) is 13.2 Å². The second kappa shape index (κ2) is 10.8. The van der Waals surface area contributed by atoms with Crippen molar-refractivity contribution in [3.8, 4) is 17.6 Å². The van der Waals surface area contributed by atoms with E-state index < -0.39 is 15.9 Å². The molecule has 3 rings (SSSR count). The van der Waals surface area contributed by atoms with Crippen LogP contribution in [0, 0.1) is 11.8 Å². The van der Waals surface area contributed by atoms with Crippen LogP contribution in [0.15, 0.2) is 77.7 Å². The molecule has 0 atom stereocenters. The summed E-state index contributed by atoms with van der Waals surface area (Å²) in [4.78, 5) is 12.9. The topological polar surface area (TPSA) is 75.7 Å². The normalized spacial score (nSPS) is 10.9. The lowest BCUT2D eigenvalue weighted by Crippen LogP contribution is -2.31. The number of nitrogens with one attached hydrogen (secondary N) is 1. The highest BCUT2D eigenvalue weighted by molar-refractivity contribution is 7.89. The van der Waals surface area contributed by atoms with Gasteiger partial charge in [0, 0.05) is 35.5 Å². The fourth-order valence-electron chi connectivity index (χ4n) is 3.27. The molecule has 3 aromatic carbocycles. The average Bonchev–Trinajstić information content (AvgIpc) is 2.83. The van der Waals surface area contributed by atoms with Crippen molar-refractivity contribution in [1.82, 2.24) is 4.31 Å². The minimum atomic E-state index is -3.80. The van der Waals surface area contributed by atoms with Crippen molar-refractivity contribution in [1.29, 1.82) is 0 Å². The van der Waals surface area contributed by atoms with E-state index in [-0.39, 0.29) is 16.2 Å². The fraction of sp³-hybridized carbons (Fsp3) is 0.192. The van der Waals surface area contributed by atoms with Gasteiger partial charge in [0.25, 0.3) is 5.91 Å². The Morgan fingerprint density at radius 3 is 2.24 bits per heavy atom. The first kappa shape index (κ1) is 24.1. The lowest BCUT2D eigenvalue weighted by Gasteiger charge is -2.20. The molecule has 0 spiro atoms. The number of anilines is 1. The van der Waals surface area contributed by atoms with Gasteiger partial charge in [-0.1, -0.05) is 50.0 Å². The molecule has 1 N–H and O–H groups in total. The van der Waals surface area contributed by atoms with Crippen LogP contribution >= 0.6 is 0 Å². The van der Waals surface area contributed by atoms with Crippen molar-refractivity contribution in [3.05, 3.63) is 89.5 Å². The number of ether oxygens (including phenoxy) is 1. The molecule has 170 valence electrons. The van der Waals surface area contributed by atoms with Gasteiger partial charge in [0.2, 0.25) is 10.0 Å². The zero-order chi connectivity index (χ0) is 23.8. The Bertz CT molecular complexity index is 1290. The maximum Gasteiger partial charge on any atom is 0.255 e. The zero-order valence-corrected chi connectivity index (χ0v) is 19.6. The molecule has 0 fully saturated rings. The molecule has 0 heterocycles. The highest BCUT2D eigenvalue weighted by atomic mass is 32.2. The van der Waals surface area contributed by atoms with E-state index >= 15 is 0 Å². The number of benzene rings is 3. The van der Waals surface area contributed by atoms with Crippen molar-refractivity contribution < 1.29 is 17.9 Å². The quantitative estimate of drug-likeness (QED) is 0.529. The first-order valence-corrected chi connectivity index (χ1v) is 12.0. The molecule has 33 heavy (non-hydrogen) atoms. The molecule has 0 aromatic heterocycles. The third kappa shape index (κ3) is 5.80. The maximum atomic E-state index is 13.0. The van der Waals surface area contributed by atoms with Gasteiger partial charge < -0.3 is 10.1 Å². The molecular weight excluding hydrogens is 436 g/mol. The van der Waals surface area contributed by atoms with Crippen molar-refractivity contribution in [2.24, 2.45) is 0 Å². The van der Waals surface area contributed by atoms with Crippen LogP contribution in [0.4, 0.5) is 5.69 Å². The minimum Gasteiger partial charge on any atom is -0.495 e. The van der Waals surface area contributed by atoms with E-state index in [4.69, 9.17) is 4.74 Å². The zero-order valence-electron chi connectivity index (χ0n) is 18.8. The molecule has 0 aliphatic carbocycles. The first-order valence-electron chi connectivity index (χ1n) is 10.6. The van der Waals surface area contributed by atoms with Gasteiger partial charge >= 0.3 is 0 Å². The van der Waals surface area contributed by atoms with Crippen LogP contribution < -0.4 is 10.1 Å². The summed E-state index contributed by atoms with van der Waals surface area (Å²) in [7, 11) is -2.40. The Kier molecular flexibility index (Phi) is 7.88. The van der Waals surface area contributed by atoms with Gasteiger partial charge in [-0.05, 0) is 48.5 Å². The van der Waals surface area contributed by atoms with Crippen LogP contribution in [-0.2, 0) is 10.0 Å². The predicted molar refractivity (Wildman–Crippen MR) is 130 cm³/mol. The summed E-state index contributed by atoms with van der Waals surface area (Å²) < 4.78 is 32.7. The van der Waals surface area contributed by atoms with Crippen molar-refractivity contribution in [3.63, 3.8) is 0 Å². The Hall–Kier alpha value is -3.60. The van der Waals surface area contributed by atoms with E-state index in [0.717, 1.165) is 11.1 Å². The van der Waals surface area contributed by atoms with Crippen LogP contribution in [0.2, 0.25) is 0 Å². The molecule has 0 bridgehead atoms. The van der Waals surface area contributed by atoms with Crippen LogP contribution in [-0.4, -0.2) is 38.8 Å². The third-order valence-corrected chi connectivity index (χ3v) is 7.07. The Balaban J connectivity index is 1.86. The van der Waals surface area contributed by atoms with E-state index in [1.165, 1.54) is 29.6 Å². The highest BCUT2D eigenvalue weighted by Crippen LogP contribution is 2.28. The second-order valence-electron chi connectivity index (χ2n) is 7.11. The number of carbonyl (C=O) groups is 1. The van der Waals surface area contributed by atoms with Crippen molar-refractivity contribution >= 4 is 21.6 Å². The monoisotopic (exact) mass is 462 g/mol. The van der Waals surface area contributed by atoms with Gasteiger partial charge in [0.1, 0.15) is 10.6 Å². The van der Waals surface area contributed by atoms with Gasteiger partial charge in [-0.25, -0.2) is 8.42 Å². The van der Waals surface area contributed by atoms with Crippen LogP contribution in [0.25, 0.3) is 0 Å². The molecule has 0 aliphatic rings. The number of methoxy groups -OCH3 is 1. The molecule has 0 unspecified atom stereocenters. The molecular formula is C26H26N2O4S. The standard InChI is InChI=1S/C26H26N2O4S/c1-4-28(5-2)33(30,31)25-19-22(16-17-24(25)32-3)26(29)27-23-13-9-12-21(18-23)15-14-20-10-7-6-8-11-20/h6-13,16-19H,4-5H2,1-3H3,(H,27,29). The van der Waals surface area contributed by atoms with E-state index in [1.807, 2.05) is 36.4 Å². The van der Waals surface area contributed by atoms with Crippen molar-refractivity contribution in [2.45, 2.75) is 18.7 Å². The molecule has 3 aromatic rings. The molecule has 0 saturated carbocycles. The Morgan fingerprint density at radius 2 is 1.58 bits per heavy atom. The van der Waals surface area contributed by atoms with Crippen LogP contribution in [0.5, 0.6) is 5.75 Å². The summed E-state index contributed by atoms with van der Waals surface area (Å²) in [5, 5.41) is 2.81. The molecule has 6 nitrogen and oxygen atoms in total. The summed E-state index contributed by atoms with van der Waals surface area (Å²) in [6, 6.07) is 21.2. The maximum absolute atomic E-state index is 13.0. The SMILES string of the molecule is CCN(CC)S(=O)(=O)c1cc(C(=O)Nc2cccc(C#Cc3ccccc3)c2)ccc1OC. The summed E-state index contributed by atoms with van der Waals surface area (Å²) in [5.41, 5.74) is 2.41. The second-order valence-corrected chi connectivity index (χ2v) is 9.01. The Labute approximate surface area is 195 Å². The smallest absolute Gasteiger partial charge is 0.255 e. The van der Waals surface area contributed by atoms with Gasteiger partial charge in [-0.15, -0.1) is 0 Å². The van der Waals surface area contributed by atoms with E-state index in [1.54, 1.807) is 32.0 Å². The summed E-state index contributed by atoms with van der Waals surface area (Å²) in [6.45, 7) is 4.15. The molecule has 0 saturated heterocycles. The van der Waals surface area contributed by atoms with E-state index in [0.29, 0.717) is 18.8 Å². The molecule has 0 aliphatic heterocycles. The van der Waals surface area contributed by atoms with Crippen LogP contribution in [0.3, 0.4) is 0 Å². The van der Waals surface area contributed by atoms with Gasteiger partial charge in [-0.2, -0.15) is 4.31 Å². The first-order chi connectivity index (χ1) is 15.9. The number of carbonyl (C=O) groups excluding carboxylic acids is 1. The highest BCUT2D eigenvalue weighted by Gasteiger charge is 2.26. The third-order valence-electron chi connectivity index (χ3n) is 4.99. The average molecular weight is 463 g/mol. The fourth-order valence-corrected chi connectivity index (χ4v) is 4.91. The summed E-state index contributed by atoms with van der Waals surface area (Å²) >= 11 is 0. The summed E-state index contributed by atoms with van der Waals surface area (Å²) in [5.74, 6) is 5.93.